The minimum Gasteiger partial charge on any atom is -0.480 e. The highest BCUT2D eigenvalue weighted by atomic mass is 32.1. The Kier molecular flexibility index (Phi) is 29.4. The second-order valence-electron chi connectivity index (χ2n) is 19.2. The van der Waals surface area contributed by atoms with Crippen LogP contribution < -0.4 is 53.6 Å². The molecular weight excluding hydrogens is 1070 g/mol. The maximum Gasteiger partial charge on any atom is 0.328 e. The van der Waals surface area contributed by atoms with Gasteiger partial charge < -0.3 is 78.8 Å². The third kappa shape index (κ3) is 21.9. The number of H-pyrrole nitrogens is 1. The summed E-state index contributed by atoms with van der Waals surface area (Å²) in [4.78, 5) is 127. The van der Waals surface area contributed by atoms with Gasteiger partial charge in [0, 0.05) is 68.0 Å². The van der Waals surface area contributed by atoms with Gasteiger partial charge in [0.15, 0.2) is 12.0 Å². The molecule has 0 unspecified atom stereocenters. The zero-order chi connectivity index (χ0) is 59.5. The number of aliphatic hydroxyl groups is 2. The first-order valence-electron chi connectivity index (χ1n) is 26.7. The lowest BCUT2D eigenvalue weighted by Crippen LogP contribution is -2.62. The molecule has 1 heterocycles. The Balaban J connectivity index is 1.93. The van der Waals surface area contributed by atoms with Gasteiger partial charge in [-0.05, 0) is 90.0 Å². The number of nitrogens with two attached hydrogens (primary N) is 1. The van der Waals surface area contributed by atoms with Crippen LogP contribution in [0.15, 0.2) is 60.8 Å². The molecule has 2 aromatic carbocycles. The number of nitrogens with one attached hydrogen (secondary N) is 11. The third-order valence-corrected chi connectivity index (χ3v) is 13.7. The smallest absolute Gasteiger partial charge is 0.328 e. The van der Waals surface area contributed by atoms with Crippen LogP contribution in [0.2, 0.25) is 0 Å². The highest BCUT2D eigenvalue weighted by Gasteiger charge is 2.36. The molecule has 442 valence electrons. The molecule has 0 saturated carbocycles. The van der Waals surface area contributed by atoms with Crippen LogP contribution in [0.4, 0.5) is 0 Å². The van der Waals surface area contributed by atoms with Crippen molar-refractivity contribution in [1.29, 1.82) is 5.41 Å². The molecule has 0 saturated heterocycles. The molecule has 3 aromatic rings. The molecular formula is C53H81N13O12S2. The molecule has 16 N–H and O–H groups in total. The number of carboxylic acids is 1. The summed E-state index contributed by atoms with van der Waals surface area (Å²) in [6, 6.07) is 4.35. The number of fused-ring (bicyclic) bond motifs is 1. The average molecular weight is 1160 g/mol. The van der Waals surface area contributed by atoms with E-state index < -0.39 is 114 Å². The molecule has 0 aliphatic carbocycles. The van der Waals surface area contributed by atoms with E-state index in [0.717, 1.165) is 12.4 Å². The number of aromatic nitrogens is 1. The number of para-hydroxylation sites is 1. The second-order valence-corrected chi connectivity index (χ2v) is 19.9. The SMILES string of the molecule is CCN(CC)C(=N)NCCCC[C@@H](NC(C)=O)C(=O)N[C@@H](CS)C(=O)N[C@@H](Cc1ccccc1)C(=O)N[C@H](Cc1c[nH]c2ccccc12)C(=O)N[C@@H](CCCCN)C(=O)N[C@H](C(=O)N[C@@H](CS)C(=O)N[C@H](C(=O)O)[C@@H](C)O)[C@@H](C)O. The molecule has 0 fully saturated rings. The van der Waals surface area contributed by atoms with E-state index in [-0.39, 0.29) is 56.1 Å². The number of aromatic amines is 1. The molecule has 8 amide bonds. The number of carbonyl (C=O) groups excluding carboxylic acids is 8. The summed E-state index contributed by atoms with van der Waals surface area (Å²) in [6.45, 7) is 9.46. The predicted molar refractivity (Wildman–Crippen MR) is 307 cm³/mol. The van der Waals surface area contributed by atoms with Gasteiger partial charge in [-0.25, -0.2) is 4.79 Å². The summed E-state index contributed by atoms with van der Waals surface area (Å²) < 4.78 is 0. The maximum atomic E-state index is 14.7. The number of aliphatic hydroxyl groups excluding tert-OH is 2. The van der Waals surface area contributed by atoms with E-state index in [9.17, 15) is 58.5 Å². The van der Waals surface area contributed by atoms with Crippen molar-refractivity contribution in [1.82, 2.24) is 57.7 Å². The van der Waals surface area contributed by atoms with Crippen LogP contribution in [0.3, 0.4) is 0 Å². The predicted octanol–water partition coefficient (Wildman–Crippen LogP) is -1.28. The number of nitrogens with zero attached hydrogens (tertiary/aromatic N) is 1. The third-order valence-electron chi connectivity index (χ3n) is 13.0. The fourth-order valence-electron chi connectivity index (χ4n) is 8.44. The average Bonchev–Trinajstić information content (AvgIpc) is 3.84. The van der Waals surface area contributed by atoms with E-state index in [1.807, 2.05) is 24.8 Å². The van der Waals surface area contributed by atoms with Gasteiger partial charge in [-0.1, -0.05) is 48.5 Å². The van der Waals surface area contributed by atoms with Crippen molar-refractivity contribution >= 4 is 95.3 Å². The van der Waals surface area contributed by atoms with Crippen molar-refractivity contribution < 1.29 is 58.5 Å². The normalized spacial score (nSPS) is 14.9. The number of benzene rings is 2. The van der Waals surface area contributed by atoms with E-state index in [0.29, 0.717) is 55.4 Å². The van der Waals surface area contributed by atoms with Crippen molar-refractivity contribution in [3.05, 3.63) is 71.9 Å². The number of carboxylic acid groups (broad SMARTS) is 1. The Morgan fingerprint density at radius 3 is 1.61 bits per heavy atom. The highest BCUT2D eigenvalue weighted by Crippen LogP contribution is 2.20. The van der Waals surface area contributed by atoms with Crippen LogP contribution in [-0.2, 0) is 56.0 Å². The number of thiol groups is 2. The van der Waals surface area contributed by atoms with Crippen LogP contribution in [0.1, 0.15) is 84.3 Å². The lowest BCUT2D eigenvalue weighted by atomic mass is 10.0. The Bertz CT molecular complexity index is 2530. The second kappa shape index (κ2) is 34.9. The quantitative estimate of drug-likeness (QED) is 0.0141. The largest absolute Gasteiger partial charge is 0.480 e. The molecule has 0 radical (unpaired) electrons. The number of hydrogen-bond donors (Lipinski definition) is 17. The van der Waals surface area contributed by atoms with Crippen molar-refractivity contribution in [3.63, 3.8) is 0 Å². The van der Waals surface area contributed by atoms with Crippen molar-refractivity contribution in [2.45, 2.75) is 147 Å². The highest BCUT2D eigenvalue weighted by molar-refractivity contribution is 7.80. The topological polar surface area (TPSA) is 391 Å². The number of rotatable bonds is 35. The first kappa shape index (κ1) is 67.3. The molecule has 1 aromatic heterocycles. The zero-order valence-corrected chi connectivity index (χ0v) is 47.7. The minimum atomic E-state index is -1.74. The Hall–Kier alpha value is -6.94. The van der Waals surface area contributed by atoms with E-state index in [2.05, 4.69) is 78.1 Å². The van der Waals surface area contributed by atoms with Gasteiger partial charge in [-0.15, -0.1) is 0 Å². The van der Waals surface area contributed by atoms with Gasteiger partial charge in [0.1, 0.15) is 42.3 Å². The van der Waals surface area contributed by atoms with Crippen molar-refractivity contribution in [2.24, 2.45) is 5.73 Å². The molecule has 10 atom stereocenters. The number of unbranched alkanes of at least 4 members (excludes halogenated alkanes) is 2. The number of guanidine groups is 1. The van der Waals surface area contributed by atoms with Gasteiger partial charge in [-0.2, -0.15) is 25.3 Å². The number of hydrogen-bond acceptors (Lipinski definition) is 15. The zero-order valence-electron chi connectivity index (χ0n) is 45.9. The first-order chi connectivity index (χ1) is 38.1. The number of amides is 8. The molecule has 27 heteroatoms. The first-order valence-corrected chi connectivity index (χ1v) is 27.9. The minimum absolute atomic E-state index is 0.0413. The van der Waals surface area contributed by atoms with Crippen molar-refractivity contribution in [2.75, 3.05) is 37.7 Å². The Morgan fingerprint density at radius 1 is 0.600 bits per heavy atom. The van der Waals surface area contributed by atoms with Gasteiger partial charge >= 0.3 is 5.97 Å². The molecule has 3 rings (SSSR count). The monoisotopic (exact) mass is 1160 g/mol. The summed E-state index contributed by atoms with van der Waals surface area (Å²) in [6.07, 6.45) is 0.213. The van der Waals surface area contributed by atoms with Gasteiger partial charge in [0.25, 0.3) is 0 Å². The summed E-state index contributed by atoms with van der Waals surface area (Å²) in [5.74, 6) is -8.54. The van der Waals surface area contributed by atoms with Crippen LogP contribution in [-0.4, -0.2) is 183 Å². The van der Waals surface area contributed by atoms with Gasteiger partial charge in [-0.3, -0.25) is 43.8 Å². The number of aliphatic carboxylic acids is 1. The summed E-state index contributed by atoms with van der Waals surface area (Å²) in [5, 5.41) is 62.4. The van der Waals surface area contributed by atoms with Crippen LogP contribution in [0.5, 0.6) is 0 Å². The van der Waals surface area contributed by atoms with E-state index >= 15 is 0 Å². The molecule has 80 heavy (non-hydrogen) atoms. The summed E-state index contributed by atoms with van der Waals surface area (Å²) in [5.41, 5.74) is 7.71. The fraction of sp³-hybridized carbons (Fsp3) is 0.547. The van der Waals surface area contributed by atoms with E-state index in [1.54, 1.807) is 54.7 Å². The van der Waals surface area contributed by atoms with E-state index in [1.165, 1.54) is 13.8 Å². The lowest BCUT2D eigenvalue weighted by Gasteiger charge is -2.28. The standard InChI is InChI=1S/C53H81N13O12S2/c1-6-66(7-2)53(55)56-24-16-14-22-37(58-32(5)69)45(70)62-41(28-79)49(74)60-39(25-33-17-9-8-10-18-33)47(72)61-40(26-34-27-57-36-20-12-11-19-35(34)36)48(73)59-38(21-13-15-23-54)46(71)64-43(30(3)67)51(76)63-42(29-80)50(75)65-44(31(4)68)52(77)78/h8-12,17-20,27,30-31,37-44,57,67-68,79-80H,6-7,13-16,21-26,28-29,54H2,1-5H3,(H2,55,56)(H,58,69)(H,59,73)(H,60,74)(H,61,72)(H,62,70)(H,63,76)(H,64,71)(H,65,75)(H,77,78)/t30-,31-,37-,38+,39+,40-,41+,42+,43+,44+/m1/s1. The van der Waals surface area contributed by atoms with Crippen LogP contribution in [0.25, 0.3) is 10.9 Å². The van der Waals surface area contributed by atoms with Crippen LogP contribution >= 0.6 is 25.3 Å². The maximum absolute atomic E-state index is 14.7. The lowest BCUT2D eigenvalue weighted by molar-refractivity contribution is -0.145. The summed E-state index contributed by atoms with van der Waals surface area (Å²) in [7, 11) is 0. The van der Waals surface area contributed by atoms with Crippen LogP contribution in [0, 0.1) is 5.41 Å². The molecule has 0 aliphatic rings. The molecule has 0 aliphatic heterocycles. The number of carbonyl (C=O) groups is 9. The summed E-state index contributed by atoms with van der Waals surface area (Å²) >= 11 is 8.45. The Labute approximate surface area is 476 Å². The molecule has 0 bridgehead atoms. The van der Waals surface area contributed by atoms with Crippen molar-refractivity contribution in [3.8, 4) is 0 Å². The Morgan fingerprint density at radius 2 is 1.06 bits per heavy atom. The van der Waals surface area contributed by atoms with Gasteiger partial charge in [0.2, 0.25) is 47.3 Å². The molecule has 25 nitrogen and oxygen atoms in total. The molecule has 0 spiro atoms. The van der Waals surface area contributed by atoms with Gasteiger partial charge in [0.05, 0.1) is 12.2 Å². The fourth-order valence-corrected chi connectivity index (χ4v) is 8.95. The van der Waals surface area contributed by atoms with E-state index in [4.69, 9.17) is 11.1 Å².